The summed E-state index contributed by atoms with van der Waals surface area (Å²) in [7, 11) is 0. The first-order chi connectivity index (χ1) is 10.1. The summed E-state index contributed by atoms with van der Waals surface area (Å²) in [6.07, 6.45) is 0.883. The minimum Gasteiger partial charge on any atom is -0.463 e. The van der Waals surface area contributed by atoms with E-state index in [2.05, 4.69) is 34.0 Å². The second-order valence-corrected chi connectivity index (χ2v) is 4.95. The van der Waals surface area contributed by atoms with Crippen molar-refractivity contribution < 1.29 is 4.74 Å². The van der Waals surface area contributed by atoms with Crippen molar-refractivity contribution in [2.75, 3.05) is 18.1 Å². The zero-order valence-electron chi connectivity index (χ0n) is 12.5. The van der Waals surface area contributed by atoms with Crippen molar-refractivity contribution in [1.29, 1.82) is 0 Å². The fraction of sp³-hybridized carbons (Fsp3) is 0.400. The van der Waals surface area contributed by atoms with Gasteiger partial charge in [-0.25, -0.2) is 0 Å². The van der Waals surface area contributed by atoms with Gasteiger partial charge in [-0.1, -0.05) is 24.6 Å². The molecule has 1 aromatic heterocycles. The summed E-state index contributed by atoms with van der Waals surface area (Å²) in [5.41, 5.74) is 2.21. The maximum Gasteiger partial charge on any atom is 0.322 e. The van der Waals surface area contributed by atoms with Crippen LogP contribution in [0.1, 0.15) is 25.8 Å². The molecule has 0 fully saturated rings. The molecule has 0 amide bonds. The Morgan fingerprint density at radius 1 is 1.10 bits per heavy atom. The highest BCUT2D eigenvalue weighted by Gasteiger charge is 2.14. The predicted molar refractivity (Wildman–Crippen MR) is 84.5 cm³/mol. The first-order valence-corrected chi connectivity index (χ1v) is 7.40. The molecule has 0 radical (unpaired) electrons. The van der Waals surface area contributed by atoms with E-state index in [0.717, 1.165) is 18.7 Å². The number of benzene rings is 1. The van der Waals surface area contributed by atoms with Crippen LogP contribution in [-0.4, -0.2) is 28.1 Å². The van der Waals surface area contributed by atoms with Crippen LogP contribution in [0.3, 0.4) is 0 Å². The molecule has 5 nitrogen and oxygen atoms in total. The lowest BCUT2D eigenvalue weighted by atomic mass is 10.2. The molecule has 1 aromatic carbocycles. The Kier molecular flexibility index (Phi) is 5.33. The summed E-state index contributed by atoms with van der Waals surface area (Å²) in [5.74, 6) is 0.493. The molecule has 21 heavy (non-hydrogen) atoms. The molecule has 0 aliphatic carbocycles. The van der Waals surface area contributed by atoms with Gasteiger partial charge in [-0.3, -0.25) is 0 Å². The van der Waals surface area contributed by atoms with Crippen LogP contribution in [0, 0.1) is 6.92 Å². The molecule has 0 atom stereocenters. The third kappa shape index (κ3) is 4.04. The topological polar surface area (TPSA) is 51.1 Å². The van der Waals surface area contributed by atoms with Crippen molar-refractivity contribution in [1.82, 2.24) is 15.0 Å². The van der Waals surface area contributed by atoms with Crippen LogP contribution in [0.15, 0.2) is 24.3 Å². The summed E-state index contributed by atoms with van der Waals surface area (Å²) >= 11 is 5.97. The lowest BCUT2D eigenvalue weighted by Crippen LogP contribution is -2.19. The standard InChI is InChI=1S/C15H19ClN4O/c1-4-10-21-15-18-13(16)17-14(19-15)20(5-2)12-8-6-11(3)7-9-12/h6-9H,4-5,10H2,1-3H3. The van der Waals surface area contributed by atoms with Gasteiger partial charge >= 0.3 is 6.01 Å². The molecule has 0 aliphatic heterocycles. The molecule has 0 N–H and O–H groups in total. The highest BCUT2D eigenvalue weighted by molar-refractivity contribution is 6.28. The van der Waals surface area contributed by atoms with Crippen LogP contribution < -0.4 is 9.64 Å². The molecule has 0 spiro atoms. The van der Waals surface area contributed by atoms with Gasteiger partial charge in [-0.2, -0.15) is 15.0 Å². The van der Waals surface area contributed by atoms with E-state index >= 15 is 0 Å². The first kappa shape index (κ1) is 15.5. The van der Waals surface area contributed by atoms with Gasteiger partial charge in [0.15, 0.2) is 0 Å². The smallest absolute Gasteiger partial charge is 0.322 e. The Balaban J connectivity index is 2.32. The van der Waals surface area contributed by atoms with Gasteiger partial charge in [-0.15, -0.1) is 0 Å². The van der Waals surface area contributed by atoms with E-state index in [1.54, 1.807) is 0 Å². The molecule has 1 heterocycles. The Morgan fingerprint density at radius 2 is 1.81 bits per heavy atom. The Labute approximate surface area is 130 Å². The lowest BCUT2D eigenvalue weighted by Gasteiger charge is -2.21. The van der Waals surface area contributed by atoms with Crippen LogP contribution in [0.2, 0.25) is 5.28 Å². The molecule has 0 unspecified atom stereocenters. The Morgan fingerprint density at radius 3 is 2.43 bits per heavy atom. The summed E-state index contributed by atoms with van der Waals surface area (Å²) in [5, 5.41) is 0.136. The molecule has 2 aromatic rings. The van der Waals surface area contributed by atoms with Crippen LogP contribution in [-0.2, 0) is 0 Å². The third-order valence-electron chi connectivity index (χ3n) is 2.91. The van der Waals surface area contributed by atoms with Gasteiger partial charge in [0.1, 0.15) is 0 Å². The van der Waals surface area contributed by atoms with E-state index in [1.807, 2.05) is 30.9 Å². The molecule has 112 valence electrons. The highest BCUT2D eigenvalue weighted by Crippen LogP contribution is 2.24. The summed E-state index contributed by atoms with van der Waals surface area (Å²) in [6.45, 7) is 7.38. The quantitative estimate of drug-likeness (QED) is 0.813. The minimum atomic E-state index is 0.136. The van der Waals surface area contributed by atoms with Crippen molar-refractivity contribution in [3.63, 3.8) is 0 Å². The molecule has 0 saturated heterocycles. The van der Waals surface area contributed by atoms with E-state index in [0.29, 0.717) is 12.6 Å². The third-order valence-corrected chi connectivity index (χ3v) is 3.08. The fourth-order valence-electron chi connectivity index (χ4n) is 1.86. The molecular weight excluding hydrogens is 288 g/mol. The monoisotopic (exact) mass is 306 g/mol. The number of anilines is 2. The molecular formula is C15H19ClN4O. The van der Waals surface area contributed by atoms with Crippen molar-refractivity contribution in [3.05, 3.63) is 35.1 Å². The number of ether oxygens (including phenoxy) is 1. The van der Waals surface area contributed by atoms with Crippen LogP contribution in [0.5, 0.6) is 6.01 Å². The molecule has 0 saturated carbocycles. The summed E-state index contributed by atoms with van der Waals surface area (Å²) in [6, 6.07) is 8.42. The molecule has 6 heteroatoms. The fourth-order valence-corrected chi connectivity index (χ4v) is 2.01. The Hall–Kier alpha value is -1.88. The van der Waals surface area contributed by atoms with Crippen molar-refractivity contribution in [2.24, 2.45) is 0 Å². The number of rotatable bonds is 6. The van der Waals surface area contributed by atoms with E-state index in [-0.39, 0.29) is 11.3 Å². The van der Waals surface area contributed by atoms with Gasteiger partial charge in [0.05, 0.1) is 6.61 Å². The average molecular weight is 307 g/mol. The zero-order valence-corrected chi connectivity index (χ0v) is 13.3. The van der Waals surface area contributed by atoms with Gasteiger partial charge in [-0.05, 0) is 44.0 Å². The first-order valence-electron chi connectivity index (χ1n) is 7.02. The van der Waals surface area contributed by atoms with Crippen molar-refractivity contribution >= 4 is 23.2 Å². The van der Waals surface area contributed by atoms with Crippen molar-refractivity contribution in [2.45, 2.75) is 27.2 Å². The number of nitrogens with zero attached hydrogens (tertiary/aromatic N) is 4. The van der Waals surface area contributed by atoms with Gasteiger partial charge in [0.2, 0.25) is 11.2 Å². The summed E-state index contributed by atoms with van der Waals surface area (Å²) in [4.78, 5) is 14.5. The minimum absolute atomic E-state index is 0.136. The van der Waals surface area contributed by atoms with E-state index in [4.69, 9.17) is 16.3 Å². The second kappa shape index (κ2) is 7.22. The van der Waals surface area contributed by atoms with Crippen LogP contribution in [0.4, 0.5) is 11.6 Å². The van der Waals surface area contributed by atoms with E-state index < -0.39 is 0 Å². The summed E-state index contributed by atoms with van der Waals surface area (Å²) < 4.78 is 5.45. The SMILES string of the molecule is CCCOc1nc(Cl)nc(N(CC)c2ccc(C)cc2)n1. The second-order valence-electron chi connectivity index (χ2n) is 4.62. The number of aryl methyl sites for hydroxylation is 1. The number of halogens is 1. The Bertz CT molecular complexity index is 589. The highest BCUT2D eigenvalue weighted by atomic mass is 35.5. The maximum atomic E-state index is 5.97. The lowest BCUT2D eigenvalue weighted by molar-refractivity contribution is 0.291. The largest absolute Gasteiger partial charge is 0.463 e. The maximum absolute atomic E-state index is 5.97. The van der Waals surface area contributed by atoms with Gasteiger partial charge in [0.25, 0.3) is 0 Å². The van der Waals surface area contributed by atoms with E-state index in [9.17, 15) is 0 Å². The number of hydrogen-bond acceptors (Lipinski definition) is 5. The normalized spacial score (nSPS) is 10.5. The van der Waals surface area contributed by atoms with Crippen LogP contribution in [0.25, 0.3) is 0 Å². The number of aromatic nitrogens is 3. The van der Waals surface area contributed by atoms with E-state index in [1.165, 1.54) is 5.56 Å². The van der Waals surface area contributed by atoms with Gasteiger partial charge < -0.3 is 9.64 Å². The molecule has 0 aliphatic rings. The molecule has 2 rings (SSSR count). The van der Waals surface area contributed by atoms with Crippen molar-refractivity contribution in [3.8, 4) is 6.01 Å². The predicted octanol–water partition coefficient (Wildman–Crippen LogP) is 3.78. The zero-order chi connectivity index (χ0) is 15.2. The van der Waals surface area contributed by atoms with Gasteiger partial charge in [0, 0.05) is 12.2 Å². The molecule has 0 bridgehead atoms. The van der Waals surface area contributed by atoms with Crippen LogP contribution >= 0.6 is 11.6 Å². The number of hydrogen-bond donors (Lipinski definition) is 0. The average Bonchev–Trinajstić information content (AvgIpc) is 2.47.